The zero-order valence-corrected chi connectivity index (χ0v) is 12.9. The molecule has 1 atom stereocenters. The fourth-order valence-corrected chi connectivity index (χ4v) is 2.13. The highest BCUT2D eigenvalue weighted by Gasteiger charge is 2.20. The summed E-state index contributed by atoms with van der Waals surface area (Å²) in [5, 5.41) is 0. The van der Waals surface area contributed by atoms with Crippen LogP contribution in [-0.2, 0) is 0 Å². The minimum atomic E-state index is 0.549. The lowest BCUT2D eigenvalue weighted by molar-refractivity contribution is 0.144. The molecular weight excluding hydrogens is 208 g/mol. The number of rotatable bonds is 9. The standard InChI is InChI=1S/C15H34N2/c1-12(2)7-9-17(10-8-13(3)4)15(11-16)14(5)6/h12-15H,7-11,16H2,1-6H3. The normalized spacial score (nSPS) is 14.3. The van der Waals surface area contributed by atoms with Gasteiger partial charge in [0.1, 0.15) is 0 Å². The first kappa shape index (κ1) is 16.9. The van der Waals surface area contributed by atoms with Gasteiger partial charge in [0.2, 0.25) is 0 Å². The van der Waals surface area contributed by atoms with Crippen LogP contribution in [0.1, 0.15) is 54.4 Å². The Morgan fingerprint density at radius 3 is 1.47 bits per heavy atom. The van der Waals surface area contributed by atoms with E-state index in [4.69, 9.17) is 5.73 Å². The second kappa shape index (κ2) is 8.93. The molecule has 0 radical (unpaired) electrons. The summed E-state index contributed by atoms with van der Waals surface area (Å²) in [6.07, 6.45) is 2.56. The maximum absolute atomic E-state index is 5.95. The Balaban J connectivity index is 4.35. The van der Waals surface area contributed by atoms with Crippen molar-refractivity contribution in [2.45, 2.75) is 60.4 Å². The largest absolute Gasteiger partial charge is 0.329 e. The molecule has 2 nitrogen and oxygen atoms in total. The molecule has 0 bridgehead atoms. The topological polar surface area (TPSA) is 29.3 Å². The summed E-state index contributed by atoms with van der Waals surface area (Å²) < 4.78 is 0. The first-order valence-electron chi connectivity index (χ1n) is 7.32. The first-order valence-corrected chi connectivity index (χ1v) is 7.32. The van der Waals surface area contributed by atoms with E-state index in [1.165, 1.54) is 25.9 Å². The molecule has 0 aromatic carbocycles. The van der Waals surface area contributed by atoms with Crippen molar-refractivity contribution in [1.82, 2.24) is 4.90 Å². The van der Waals surface area contributed by atoms with E-state index in [-0.39, 0.29) is 0 Å². The summed E-state index contributed by atoms with van der Waals surface area (Å²) in [6.45, 7) is 17.0. The molecule has 1 unspecified atom stereocenters. The van der Waals surface area contributed by atoms with Gasteiger partial charge in [-0.2, -0.15) is 0 Å². The second-order valence-electron chi connectivity index (χ2n) is 6.45. The fourth-order valence-electron chi connectivity index (χ4n) is 2.13. The SMILES string of the molecule is CC(C)CCN(CCC(C)C)C(CN)C(C)C. The summed E-state index contributed by atoms with van der Waals surface area (Å²) in [5.74, 6) is 2.21. The molecule has 0 saturated heterocycles. The zero-order valence-electron chi connectivity index (χ0n) is 12.9. The number of hydrogen-bond acceptors (Lipinski definition) is 2. The van der Waals surface area contributed by atoms with Crippen molar-refractivity contribution in [2.75, 3.05) is 19.6 Å². The van der Waals surface area contributed by atoms with Crippen LogP contribution >= 0.6 is 0 Å². The fraction of sp³-hybridized carbons (Fsp3) is 1.00. The van der Waals surface area contributed by atoms with Gasteiger partial charge in [-0.1, -0.05) is 41.5 Å². The molecule has 0 aliphatic rings. The van der Waals surface area contributed by atoms with E-state index in [2.05, 4.69) is 46.4 Å². The summed E-state index contributed by atoms with van der Waals surface area (Å²) in [5.41, 5.74) is 5.95. The number of nitrogens with zero attached hydrogens (tertiary/aromatic N) is 1. The van der Waals surface area contributed by atoms with E-state index in [0.717, 1.165) is 18.4 Å². The van der Waals surface area contributed by atoms with Gasteiger partial charge in [-0.3, -0.25) is 4.90 Å². The molecule has 0 rings (SSSR count). The molecule has 0 aromatic heterocycles. The van der Waals surface area contributed by atoms with Crippen LogP contribution in [-0.4, -0.2) is 30.6 Å². The summed E-state index contributed by atoms with van der Waals surface area (Å²) in [4.78, 5) is 2.62. The molecule has 0 heterocycles. The third-order valence-corrected chi connectivity index (χ3v) is 3.47. The van der Waals surface area contributed by atoms with Crippen LogP contribution in [0, 0.1) is 17.8 Å². The van der Waals surface area contributed by atoms with Gasteiger partial charge in [0.25, 0.3) is 0 Å². The van der Waals surface area contributed by atoms with Crippen molar-refractivity contribution in [3.8, 4) is 0 Å². The molecular formula is C15H34N2. The van der Waals surface area contributed by atoms with Gasteiger partial charge in [0.05, 0.1) is 0 Å². The maximum Gasteiger partial charge on any atom is 0.0241 e. The Morgan fingerprint density at radius 1 is 0.824 bits per heavy atom. The summed E-state index contributed by atoms with van der Waals surface area (Å²) >= 11 is 0. The van der Waals surface area contributed by atoms with E-state index < -0.39 is 0 Å². The lowest BCUT2D eigenvalue weighted by Gasteiger charge is -2.34. The third kappa shape index (κ3) is 7.77. The van der Waals surface area contributed by atoms with E-state index >= 15 is 0 Å². The number of nitrogens with two attached hydrogens (primary N) is 1. The maximum atomic E-state index is 5.95. The van der Waals surface area contributed by atoms with E-state index in [1.54, 1.807) is 0 Å². The Hall–Kier alpha value is -0.0800. The lowest BCUT2D eigenvalue weighted by Crippen LogP contribution is -2.45. The highest BCUT2D eigenvalue weighted by atomic mass is 15.2. The lowest BCUT2D eigenvalue weighted by atomic mass is 10.00. The average Bonchev–Trinajstić information content (AvgIpc) is 2.21. The smallest absolute Gasteiger partial charge is 0.0241 e. The molecule has 0 aliphatic carbocycles. The highest BCUT2D eigenvalue weighted by Crippen LogP contribution is 2.14. The van der Waals surface area contributed by atoms with Crippen molar-refractivity contribution in [3.05, 3.63) is 0 Å². The molecule has 0 saturated carbocycles. The van der Waals surface area contributed by atoms with Crippen LogP contribution in [0.4, 0.5) is 0 Å². The van der Waals surface area contributed by atoms with E-state index in [0.29, 0.717) is 12.0 Å². The van der Waals surface area contributed by atoms with Gasteiger partial charge in [0, 0.05) is 12.6 Å². The van der Waals surface area contributed by atoms with Gasteiger partial charge >= 0.3 is 0 Å². The van der Waals surface area contributed by atoms with Gasteiger partial charge in [-0.15, -0.1) is 0 Å². The molecule has 104 valence electrons. The number of hydrogen-bond donors (Lipinski definition) is 1. The summed E-state index contributed by atoms with van der Waals surface area (Å²) in [7, 11) is 0. The average molecular weight is 242 g/mol. The molecule has 0 amide bonds. The van der Waals surface area contributed by atoms with Crippen LogP contribution in [0.2, 0.25) is 0 Å². The molecule has 2 N–H and O–H groups in total. The molecule has 2 heteroatoms. The minimum Gasteiger partial charge on any atom is -0.329 e. The monoisotopic (exact) mass is 242 g/mol. The molecule has 0 aromatic rings. The predicted molar refractivity (Wildman–Crippen MR) is 78.2 cm³/mol. The van der Waals surface area contributed by atoms with E-state index in [9.17, 15) is 0 Å². The van der Waals surface area contributed by atoms with Crippen LogP contribution in [0.5, 0.6) is 0 Å². The Kier molecular flexibility index (Phi) is 8.89. The van der Waals surface area contributed by atoms with Crippen LogP contribution in [0.25, 0.3) is 0 Å². The Labute approximate surface area is 109 Å². The minimum absolute atomic E-state index is 0.549. The predicted octanol–water partition coefficient (Wildman–Crippen LogP) is 3.36. The van der Waals surface area contributed by atoms with E-state index in [1.807, 2.05) is 0 Å². The van der Waals surface area contributed by atoms with Crippen LogP contribution in [0.15, 0.2) is 0 Å². The molecule has 0 fully saturated rings. The Morgan fingerprint density at radius 2 is 1.24 bits per heavy atom. The van der Waals surface area contributed by atoms with Crippen molar-refractivity contribution >= 4 is 0 Å². The molecule has 0 spiro atoms. The third-order valence-electron chi connectivity index (χ3n) is 3.47. The van der Waals surface area contributed by atoms with Gasteiger partial charge in [0.15, 0.2) is 0 Å². The second-order valence-corrected chi connectivity index (χ2v) is 6.45. The van der Waals surface area contributed by atoms with Crippen molar-refractivity contribution < 1.29 is 0 Å². The van der Waals surface area contributed by atoms with Crippen molar-refractivity contribution in [3.63, 3.8) is 0 Å². The molecule has 0 aliphatic heterocycles. The molecule has 17 heavy (non-hydrogen) atoms. The van der Waals surface area contributed by atoms with Crippen LogP contribution < -0.4 is 5.73 Å². The quantitative estimate of drug-likeness (QED) is 0.672. The van der Waals surface area contributed by atoms with Gasteiger partial charge in [-0.05, 0) is 43.7 Å². The highest BCUT2D eigenvalue weighted by molar-refractivity contribution is 4.76. The summed E-state index contributed by atoms with van der Waals surface area (Å²) in [6, 6.07) is 0.549. The zero-order chi connectivity index (χ0) is 13.4. The first-order chi connectivity index (χ1) is 7.88. The van der Waals surface area contributed by atoms with Crippen LogP contribution in [0.3, 0.4) is 0 Å². The van der Waals surface area contributed by atoms with Gasteiger partial charge < -0.3 is 5.73 Å². The Bertz CT molecular complexity index is 164. The van der Waals surface area contributed by atoms with Crippen molar-refractivity contribution in [1.29, 1.82) is 0 Å². The van der Waals surface area contributed by atoms with Gasteiger partial charge in [-0.25, -0.2) is 0 Å². The van der Waals surface area contributed by atoms with Crippen molar-refractivity contribution in [2.24, 2.45) is 23.5 Å².